The Morgan fingerprint density at radius 1 is 1.22 bits per heavy atom. The molecule has 116 valence electrons. The van der Waals surface area contributed by atoms with Crippen LogP contribution >= 0.6 is 0 Å². The molecule has 7 nitrogen and oxygen atoms in total. The van der Waals surface area contributed by atoms with E-state index < -0.39 is 6.36 Å². The number of benzene rings is 1. The minimum absolute atomic E-state index is 0.124. The summed E-state index contributed by atoms with van der Waals surface area (Å²) in [6.07, 6.45) is -3.48. The fourth-order valence-corrected chi connectivity index (χ4v) is 1.80. The zero-order chi connectivity index (χ0) is 16.4. The smallest absolute Gasteiger partial charge is 0.444 e. The van der Waals surface area contributed by atoms with Crippen LogP contribution in [-0.4, -0.2) is 26.8 Å². The molecule has 0 saturated carbocycles. The van der Waals surface area contributed by atoms with Gasteiger partial charge in [-0.05, 0) is 24.3 Å². The summed E-state index contributed by atoms with van der Waals surface area (Å²) in [7, 11) is 0. The lowest BCUT2D eigenvalue weighted by Gasteiger charge is -2.08. The standard InChI is InChI=1S/C13H6F3N5O2/c14-13(15,16)23-8-3-1-7(2-4-8)12-18-10(6-22-12)11-9(5-17)19-21-20-11/h1-4,6H,(H,19,20,21). The first-order valence-corrected chi connectivity index (χ1v) is 6.09. The van der Waals surface area contributed by atoms with Gasteiger partial charge in [-0.2, -0.15) is 5.26 Å². The van der Waals surface area contributed by atoms with Crippen molar-refractivity contribution in [2.24, 2.45) is 0 Å². The van der Waals surface area contributed by atoms with Crippen molar-refractivity contribution in [1.29, 1.82) is 5.26 Å². The molecule has 3 aromatic rings. The van der Waals surface area contributed by atoms with Crippen LogP contribution in [0.1, 0.15) is 5.69 Å². The maximum atomic E-state index is 12.1. The molecule has 23 heavy (non-hydrogen) atoms. The van der Waals surface area contributed by atoms with Crippen LogP contribution in [0.5, 0.6) is 5.75 Å². The summed E-state index contributed by atoms with van der Waals surface area (Å²) in [5, 5.41) is 18.5. The first kappa shape index (κ1) is 14.6. The first-order chi connectivity index (χ1) is 11.0. The van der Waals surface area contributed by atoms with E-state index >= 15 is 0 Å². The van der Waals surface area contributed by atoms with Gasteiger partial charge >= 0.3 is 6.36 Å². The number of H-pyrrole nitrogens is 1. The number of hydrogen-bond acceptors (Lipinski definition) is 6. The number of alkyl halides is 3. The van der Waals surface area contributed by atoms with E-state index in [2.05, 4.69) is 25.1 Å². The molecule has 3 rings (SSSR count). The molecule has 2 heterocycles. The van der Waals surface area contributed by atoms with Gasteiger partial charge in [0, 0.05) is 5.56 Å². The van der Waals surface area contributed by atoms with E-state index in [0.717, 1.165) is 12.1 Å². The molecule has 0 spiro atoms. The van der Waals surface area contributed by atoms with Crippen LogP contribution in [0.25, 0.3) is 22.8 Å². The van der Waals surface area contributed by atoms with Crippen LogP contribution in [0.4, 0.5) is 13.2 Å². The zero-order valence-corrected chi connectivity index (χ0v) is 11.1. The number of oxazole rings is 1. The van der Waals surface area contributed by atoms with Crippen LogP contribution in [0.3, 0.4) is 0 Å². The van der Waals surface area contributed by atoms with Gasteiger partial charge in [0.25, 0.3) is 0 Å². The Bertz CT molecular complexity index is 861. The van der Waals surface area contributed by atoms with Gasteiger partial charge < -0.3 is 9.15 Å². The highest BCUT2D eigenvalue weighted by molar-refractivity contribution is 5.63. The molecule has 0 aliphatic heterocycles. The first-order valence-electron chi connectivity index (χ1n) is 6.09. The largest absolute Gasteiger partial charge is 0.573 e. The summed E-state index contributed by atoms with van der Waals surface area (Å²) >= 11 is 0. The van der Waals surface area contributed by atoms with E-state index in [-0.39, 0.29) is 28.7 Å². The Kier molecular flexibility index (Phi) is 3.46. The van der Waals surface area contributed by atoms with Crippen molar-refractivity contribution >= 4 is 0 Å². The average molecular weight is 321 g/mol. The lowest BCUT2D eigenvalue weighted by atomic mass is 10.2. The van der Waals surface area contributed by atoms with Gasteiger partial charge in [0.2, 0.25) is 5.89 Å². The number of halogens is 3. The number of hydrogen-bond donors (Lipinski definition) is 1. The number of nitrogens with zero attached hydrogens (tertiary/aromatic N) is 4. The van der Waals surface area contributed by atoms with Gasteiger partial charge in [0.1, 0.15) is 23.8 Å². The fourth-order valence-electron chi connectivity index (χ4n) is 1.80. The molecule has 0 bridgehead atoms. The van der Waals surface area contributed by atoms with Crippen molar-refractivity contribution in [3.05, 3.63) is 36.2 Å². The van der Waals surface area contributed by atoms with E-state index in [9.17, 15) is 13.2 Å². The predicted octanol–water partition coefficient (Wildman–Crippen LogP) is 2.90. The van der Waals surface area contributed by atoms with Gasteiger partial charge in [0.15, 0.2) is 11.4 Å². The SMILES string of the molecule is N#Cc1[nH]nnc1-c1coc(-c2ccc(OC(F)(F)F)cc2)n1. The maximum Gasteiger partial charge on any atom is 0.573 e. The summed E-state index contributed by atoms with van der Waals surface area (Å²) in [6.45, 7) is 0. The molecule has 0 amide bonds. The molecule has 0 aliphatic carbocycles. The van der Waals surface area contributed by atoms with Crippen molar-refractivity contribution in [2.45, 2.75) is 6.36 Å². The van der Waals surface area contributed by atoms with Crippen LogP contribution in [-0.2, 0) is 0 Å². The molecule has 1 aromatic carbocycles. The Labute approximate surface area is 126 Å². The number of aromatic amines is 1. The van der Waals surface area contributed by atoms with E-state index in [1.54, 1.807) is 0 Å². The highest BCUT2D eigenvalue weighted by atomic mass is 19.4. The lowest BCUT2D eigenvalue weighted by molar-refractivity contribution is -0.274. The van der Waals surface area contributed by atoms with Gasteiger partial charge in [-0.3, -0.25) is 0 Å². The van der Waals surface area contributed by atoms with Crippen molar-refractivity contribution < 1.29 is 22.3 Å². The molecular formula is C13H6F3N5O2. The summed E-state index contributed by atoms with van der Waals surface area (Å²) in [6, 6.07) is 6.88. The highest BCUT2D eigenvalue weighted by Gasteiger charge is 2.31. The number of ether oxygens (including phenoxy) is 1. The number of rotatable bonds is 3. The second-order valence-electron chi connectivity index (χ2n) is 4.26. The molecule has 0 radical (unpaired) electrons. The van der Waals surface area contributed by atoms with Crippen molar-refractivity contribution in [3.8, 4) is 34.7 Å². The number of aromatic nitrogens is 4. The molecule has 0 aliphatic rings. The van der Waals surface area contributed by atoms with Crippen molar-refractivity contribution in [3.63, 3.8) is 0 Å². The molecule has 1 N–H and O–H groups in total. The number of nitrogens with one attached hydrogen (secondary N) is 1. The predicted molar refractivity (Wildman–Crippen MR) is 68.7 cm³/mol. The summed E-state index contributed by atoms with van der Waals surface area (Å²) in [4.78, 5) is 4.13. The van der Waals surface area contributed by atoms with Gasteiger partial charge in [-0.25, -0.2) is 10.1 Å². The third kappa shape index (κ3) is 3.13. The van der Waals surface area contributed by atoms with Gasteiger partial charge in [-0.15, -0.1) is 18.3 Å². The Morgan fingerprint density at radius 3 is 2.61 bits per heavy atom. The third-order valence-electron chi connectivity index (χ3n) is 2.74. The summed E-state index contributed by atoms with van der Waals surface area (Å²) < 4.78 is 45.3. The average Bonchev–Trinajstić information content (AvgIpc) is 3.15. The lowest BCUT2D eigenvalue weighted by Crippen LogP contribution is -2.16. The van der Waals surface area contributed by atoms with Crippen LogP contribution in [0, 0.1) is 11.3 Å². The Morgan fingerprint density at radius 2 is 1.96 bits per heavy atom. The van der Waals surface area contributed by atoms with Gasteiger partial charge in [0.05, 0.1) is 0 Å². The van der Waals surface area contributed by atoms with Crippen LogP contribution < -0.4 is 4.74 Å². The molecule has 0 saturated heterocycles. The molecule has 0 unspecified atom stereocenters. The van der Waals surface area contributed by atoms with Crippen LogP contribution in [0.15, 0.2) is 34.9 Å². The zero-order valence-electron chi connectivity index (χ0n) is 11.1. The number of nitriles is 1. The van der Waals surface area contributed by atoms with E-state index in [1.807, 2.05) is 6.07 Å². The Balaban J connectivity index is 1.85. The highest BCUT2D eigenvalue weighted by Crippen LogP contribution is 2.28. The minimum Gasteiger partial charge on any atom is -0.444 e. The van der Waals surface area contributed by atoms with E-state index in [0.29, 0.717) is 5.56 Å². The van der Waals surface area contributed by atoms with Crippen molar-refractivity contribution in [1.82, 2.24) is 20.4 Å². The maximum absolute atomic E-state index is 12.1. The van der Waals surface area contributed by atoms with E-state index in [1.165, 1.54) is 18.4 Å². The minimum atomic E-state index is -4.75. The monoisotopic (exact) mass is 321 g/mol. The second-order valence-corrected chi connectivity index (χ2v) is 4.26. The quantitative estimate of drug-likeness (QED) is 0.796. The summed E-state index contributed by atoms with van der Waals surface area (Å²) in [5.41, 5.74) is 1.06. The topological polar surface area (TPSA) is 101 Å². The molecule has 0 atom stereocenters. The van der Waals surface area contributed by atoms with E-state index in [4.69, 9.17) is 9.68 Å². The molecular weight excluding hydrogens is 315 g/mol. The fraction of sp³-hybridized carbons (Fsp3) is 0.0769. The molecule has 10 heteroatoms. The van der Waals surface area contributed by atoms with Gasteiger partial charge in [-0.1, -0.05) is 5.21 Å². The second kappa shape index (κ2) is 5.45. The Hall–Kier alpha value is -3.35. The molecule has 0 fully saturated rings. The van der Waals surface area contributed by atoms with Crippen molar-refractivity contribution in [2.75, 3.05) is 0 Å². The normalized spacial score (nSPS) is 11.2. The molecule has 2 aromatic heterocycles. The third-order valence-corrected chi connectivity index (χ3v) is 2.74. The summed E-state index contributed by atoms with van der Waals surface area (Å²) in [5.74, 6) is -0.193. The van der Waals surface area contributed by atoms with Crippen LogP contribution in [0.2, 0.25) is 0 Å².